The van der Waals surface area contributed by atoms with E-state index in [-0.39, 0.29) is 5.78 Å². The van der Waals surface area contributed by atoms with Crippen molar-refractivity contribution in [1.29, 1.82) is 0 Å². The Labute approximate surface area is 129 Å². The highest BCUT2D eigenvalue weighted by Crippen LogP contribution is 2.23. The van der Waals surface area contributed by atoms with E-state index in [9.17, 15) is 4.79 Å². The molecule has 1 aromatic rings. The molecule has 3 nitrogen and oxygen atoms in total. The zero-order valence-corrected chi connectivity index (χ0v) is 14.1. The van der Waals surface area contributed by atoms with Gasteiger partial charge in [0.25, 0.3) is 0 Å². The van der Waals surface area contributed by atoms with E-state index >= 15 is 0 Å². The Hall–Kier alpha value is -1.19. The van der Waals surface area contributed by atoms with Gasteiger partial charge in [-0.1, -0.05) is 58.0 Å². The van der Waals surface area contributed by atoms with Crippen LogP contribution in [0.1, 0.15) is 38.1 Å². The van der Waals surface area contributed by atoms with Gasteiger partial charge in [0.05, 0.1) is 6.61 Å². The average molecular weight is 291 g/mol. The first-order valence-electron chi connectivity index (χ1n) is 7.68. The average Bonchev–Trinajstić information content (AvgIpc) is 2.44. The van der Waals surface area contributed by atoms with Gasteiger partial charge < -0.3 is 4.74 Å². The molecule has 0 unspecified atom stereocenters. The van der Waals surface area contributed by atoms with Crippen LogP contribution in [0.3, 0.4) is 0 Å². The number of ether oxygens (including phenoxy) is 1. The second-order valence-corrected chi connectivity index (χ2v) is 6.70. The molecule has 0 aliphatic heterocycles. The fourth-order valence-electron chi connectivity index (χ4n) is 2.58. The lowest BCUT2D eigenvalue weighted by molar-refractivity contribution is 0.0703. The largest absolute Gasteiger partial charge is 0.383 e. The van der Waals surface area contributed by atoms with Gasteiger partial charge >= 0.3 is 0 Å². The summed E-state index contributed by atoms with van der Waals surface area (Å²) < 4.78 is 5.19. The number of carbonyl (C=O) groups excluding carboxylic acids is 1. The highest BCUT2D eigenvalue weighted by atomic mass is 16.5. The number of rotatable bonds is 9. The smallest absolute Gasteiger partial charge is 0.169 e. The Balaban J connectivity index is 2.76. The molecule has 0 heterocycles. The van der Waals surface area contributed by atoms with Crippen molar-refractivity contribution in [2.45, 2.75) is 27.7 Å². The molecule has 0 atom stereocenters. The monoisotopic (exact) mass is 291 g/mol. The molecule has 1 rings (SSSR count). The topological polar surface area (TPSA) is 29.5 Å². The Kier molecular flexibility index (Phi) is 7.06. The molecule has 0 radical (unpaired) electrons. The normalized spacial score (nSPS) is 12.1. The van der Waals surface area contributed by atoms with Crippen LogP contribution in [0.4, 0.5) is 0 Å². The van der Waals surface area contributed by atoms with Gasteiger partial charge in [-0.15, -0.1) is 0 Å². The van der Waals surface area contributed by atoms with Gasteiger partial charge in [-0.3, -0.25) is 9.69 Å². The van der Waals surface area contributed by atoms with Gasteiger partial charge in [0.15, 0.2) is 5.78 Å². The maximum atomic E-state index is 12.7. The molecule has 0 saturated heterocycles. The third-order valence-electron chi connectivity index (χ3n) is 3.50. The van der Waals surface area contributed by atoms with Gasteiger partial charge in [0.2, 0.25) is 0 Å². The lowest BCUT2D eigenvalue weighted by Crippen LogP contribution is -2.42. The van der Waals surface area contributed by atoms with Gasteiger partial charge in [-0.25, -0.2) is 0 Å². The SMILES string of the molecule is COCCN(CC(C)C)CC(C)(C)C(=O)c1ccccc1. The Morgan fingerprint density at radius 1 is 1.24 bits per heavy atom. The van der Waals surface area contributed by atoms with Crippen LogP contribution in [0.15, 0.2) is 30.3 Å². The number of hydrogen-bond donors (Lipinski definition) is 0. The number of ketones is 1. The summed E-state index contributed by atoms with van der Waals surface area (Å²) in [6.07, 6.45) is 0. The molecule has 0 aromatic heterocycles. The van der Waals surface area contributed by atoms with Crippen molar-refractivity contribution < 1.29 is 9.53 Å². The van der Waals surface area contributed by atoms with Crippen molar-refractivity contribution >= 4 is 5.78 Å². The second kappa shape index (κ2) is 8.30. The molecule has 0 spiro atoms. The van der Waals surface area contributed by atoms with E-state index in [1.165, 1.54) is 0 Å². The molecular weight excluding hydrogens is 262 g/mol. The lowest BCUT2D eigenvalue weighted by atomic mass is 9.83. The summed E-state index contributed by atoms with van der Waals surface area (Å²) in [7, 11) is 1.72. The minimum atomic E-state index is -0.399. The molecular formula is C18H29NO2. The lowest BCUT2D eigenvalue weighted by Gasteiger charge is -2.32. The first-order valence-corrected chi connectivity index (χ1v) is 7.68. The number of methoxy groups -OCH3 is 1. The highest BCUT2D eigenvalue weighted by molar-refractivity contribution is 6.00. The summed E-state index contributed by atoms with van der Waals surface area (Å²) in [5, 5.41) is 0. The van der Waals surface area contributed by atoms with Crippen molar-refractivity contribution in [1.82, 2.24) is 4.90 Å². The van der Waals surface area contributed by atoms with Crippen LogP contribution in [-0.2, 0) is 4.74 Å². The first-order chi connectivity index (χ1) is 9.86. The van der Waals surface area contributed by atoms with E-state index < -0.39 is 5.41 Å². The zero-order valence-electron chi connectivity index (χ0n) is 14.1. The molecule has 3 heteroatoms. The van der Waals surface area contributed by atoms with E-state index in [2.05, 4.69) is 18.7 Å². The van der Waals surface area contributed by atoms with Crippen molar-refractivity contribution in [2.75, 3.05) is 33.4 Å². The van der Waals surface area contributed by atoms with Gasteiger partial charge in [-0.05, 0) is 5.92 Å². The number of hydrogen-bond acceptors (Lipinski definition) is 3. The molecule has 0 aliphatic carbocycles. The first kappa shape index (κ1) is 17.9. The molecule has 118 valence electrons. The molecule has 0 saturated carbocycles. The Morgan fingerprint density at radius 3 is 2.38 bits per heavy atom. The molecule has 0 N–H and O–H groups in total. The predicted molar refractivity (Wildman–Crippen MR) is 87.7 cm³/mol. The fraction of sp³-hybridized carbons (Fsp3) is 0.611. The minimum Gasteiger partial charge on any atom is -0.383 e. The van der Waals surface area contributed by atoms with Crippen LogP contribution in [-0.4, -0.2) is 44.0 Å². The van der Waals surface area contributed by atoms with Crippen LogP contribution >= 0.6 is 0 Å². The maximum absolute atomic E-state index is 12.7. The van der Waals surface area contributed by atoms with Crippen LogP contribution in [0.2, 0.25) is 0 Å². The van der Waals surface area contributed by atoms with Crippen molar-refractivity contribution in [2.24, 2.45) is 11.3 Å². The maximum Gasteiger partial charge on any atom is 0.169 e. The molecule has 1 aromatic carbocycles. The van der Waals surface area contributed by atoms with E-state index in [0.717, 1.165) is 25.2 Å². The quantitative estimate of drug-likeness (QED) is 0.652. The van der Waals surface area contributed by atoms with Crippen molar-refractivity contribution in [3.05, 3.63) is 35.9 Å². The number of nitrogens with zero attached hydrogens (tertiary/aromatic N) is 1. The fourth-order valence-corrected chi connectivity index (χ4v) is 2.58. The zero-order chi connectivity index (χ0) is 15.9. The van der Waals surface area contributed by atoms with E-state index in [4.69, 9.17) is 4.74 Å². The third-order valence-corrected chi connectivity index (χ3v) is 3.50. The predicted octanol–water partition coefficient (Wildman–Crippen LogP) is 3.50. The summed E-state index contributed by atoms with van der Waals surface area (Å²) in [6, 6.07) is 9.56. The van der Waals surface area contributed by atoms with Gasteiger partial charge in [0, 0.05) is 37.7 Å². The summed E-state index contributed by atoms with van der Waals surface area (Å²) in [4.78, 5) is 15.0. The van der Waals surface area contributed by atoms with Crippen molar-refractivity contribution in [3.63, 3.8) is 0 Å². The minimum absolute atomic E-state index is 0.203. The van der Waals surface area contributed by atoms with Gasteiger partial charge in [0.1, 0.15) is 0 Å². The number of carbonyl (C=O) groups is 1. The van der Waals surface area contributed by atoms with Crippen LogP contribution in [0.5, 0.6) is 0 Å². The van der Waals surface area contributed by atoms with Crippen LogP contribution in [0, 0.1) is 11.3 Å². The molecule has 21 heavy (non-hydrogen) atoms. The summed E-state index contributed by atoms with van der Waals surface area (Å²) in [6.45, 7) is 11.8. The summed E-state index contributed by atoms with van der Waals surface area (Å²) >= 11 is 0. The molecule has 0 amide bonds. The molecule has 0 aliphatic rings. The van der Waals surface area contributed by atoms with Crippen molar-refractivity contribution in [3.8, 4) is 0 Å². The third kappa shape index (κ3) is 5.98. The molecule has 0 fully saturated rings. The number of Topliss-reactive ketones (excluding diaryl/α,β-unsaturated/α-hetero) is 1. The highest BCUT2D eigenvalue weighted by Gasteiger charge is 2.30. The van der Waals surface area contributed by atoms with E-state index in [1.807, 2.05) is 44.2 Å². The van der Waals surface area contributed by atoms with Crippen LogP contribution < -0.4 is 0 Å². The Morgan fingerprint density at radius 2 is 1.86 bits per heavy atom. The molecule has 0 bridgehead atoms. The summed E-state index contributed by atoms with van der Waals surface area (Å²) in [5.74, 6) is 0.777. The summed E-state index contributed by atoms with van der Waals surface area (Å²) in [5.41, 5.74) is 0.392. The van der Waals surface area contributed by atoms with E-state index in [1.54, 1.807) is 7.11 Å². The van der Waals surface area contributed by atoms with E-state index in [0.29, 0.717) is 12.5 Å². The second-order valence-electron chi connectivity index (χ2n) is 6.70. The Bertz CT molecular complexity index is 426. The number of benzene rings is 1. The van der Waals surface area contributed by atoms with Gasteiger partial charge in [-0.2, -0.15) is 0 Å². The van der Waals surface area contributed by atoms with Crippen LogP contribution in [0.25, 0.3) is 0 Å². The standard InChI is InChI=1S/C18H29NO2/c1-15(2)13-19(11-12-21-5)14-18(3,4)17(20)16-9-7-6-8-10-16/h6-10,15H,11-14H2,1-5H3.